The minimum atomic E-state index is -0.00630. The zero-order valence-corrected chi connectivity index (χ0v) is 10.0. The Morgan fingerprint density at radius 3 is 2.62 bits per heavy atom. The molecular formula is C9H7BrCl2O. The summed E-state index contributed by atoms with van der Waals surface area (Å²) in [6.45, 7) is 1.79. The van der Waals surface area contributed by atoms with E-state index in [9.17, 15) is 4.79 Å². The van der Waals surface area contributed by atoms with Crippen LogP contribution in [0.1, 0.15) is 23.7 Å². The first kappa shape index (κ1) is 11.0. The van der Waals surface area contributed by atoms with Crippen molar-refractivity contribution in [2.24, 2.45) is 0 Å². The van der Waals surface area contributed by atoms with Crippen molar-refractivity contribution in [3.63, 3.8) is 0 Å². The van der Waals surface area contributed by atoms with Crippen LogP contribution in [0.4, 0.5) is 0 Å². The first-order valence-electron chi connectivity index (χ1n) is 3.74. The van der Waals surface area contributed by atoms with Gasteiger partial charge in [0.2, 0.25) is 0 Å². The van der Waals surface area contributed by atoms with Crippen molar-refractivity contribution in [1.82, 2.24) is 0 Å². The van der Waals surface area contributed by atoms with Crippen LogP contribution < -0.4 is 0 Å². The first-order chi connectivity index (χ1) is 6.06. The van der Waals surface area contributed by atoms with E-state index in [-0.39, 0.29) is 5.78 Å². The molecule has 0 saturated heterocycles. The van der Waals surface area contributed by atoms with Gasteiger partial charge in [0.15, 0.2) is 5.78 Å². The third-order valence-electron chi connectivity index (χ3n) is 1.61. The summed E-state index contributed by atoms with van der Waals surface area (Å²) in [4.78, 5) is 11.4. The number of carbonyl (C=O) groups excluding carboxylic acids is 1. The highest BCUT2D eigenvalue weighted by Crippen LogP contribution is 2.30. The zero-order chi connectivity index (χ0) is 10.0. The fourth-order valence-electron chi connectivity index (χ4n) is 0.949. The lowest BCUT2D eigenvalue weighted by Gasteiger charge is -2.04. The summed E-state index contributed by atoms with van der Waals surface area (Å²) in [7, 11) is 0. The molecule has 0 N–H and O–H groups in total. The summed E-state index contributed by atoms with van der Waals surface area (Å²) in [5, 5.41) is 0.935. The van der Waals surface area contributed by atoms with Crippen LogP contribution in [0.3, 0.4) is 0 Å². The van der Waals surface area contributed by atoms with Gasteiger partial charge in [0, 0.05) is 21.5 Å². The number of ketones is 1. The molecule has 4 heteroatoms. The summed E-state index contributed by atoms with van der Waals surface area (Å²) in [5.41, 5.74) is 0.476. The molecule has 1 nitrogen and oxygen atoms in total. The number of rotatable bonds is 2. The molecule has 0 unspecified atom stereocenters. The SMILES string of the molecule is CCC(=O)c1cc(Cl)cc(Br)c1Cl. The van der Waals surface area contributed by atoms with Gasteiger partial charge in [0.25, 0.3) is 0 Å². The van der Waals surface area contributed by atoms with E-state index in [1.54, 1.807) is 19.1 Å². The smallest absolute Gasteiger partial charge is 0.164 e. The van der Waals surface area contributed by atoms with E-state index in [0.717, 1.165) is 0 Å². The predicted octanol–water partition coefficient (Wildman–Crippen LogP) is 4.35. The second-order valence-corrected chi connectivity index (χ2v) is 4.19. The number of hydrogen-bond acceptors (Lipinski definition) is 1. The summed E-state index contributed by atoms with van der Waals surface area (Å²) in [6.07, 6.45) is 0.423. The molecule has 0 amide bonds. The summed E-state index contributed by atoms with van der Waals surface area (Å²) in [6, 6.07) is 3.25. The van der Waals surface area contributed by atoms with Gasteiger partial charge in [0.05, 0.1) is 5.02 Å². The summed E-state index contributed by atoms with van der Waals surface area (Å²) < 4.78 is 0.651. The molecule has 0 aliphatic heterocycles. The van der Waals surface area contributed by atoms with Gasteiger partial charge in [-0.25, -0.2) is 0 Å². The molecule has 0 bridgehead atoms. The number of carbonyl (C=O) groups is 1. The van der Waals surface area contributed by atoms with Crippen molar-refractivity contribution in [2.75, 3.05) is 0 Å². The number of Topliss-reactive ketones (excluding diaryl/α,β-unsaturated/α-hetero) is 1. The Morgan fingerprint density at radius 1 is 1.46 bits per heavy atom. The molecule has 13 heavy (non-hydrogen) atoms. The second kappa shape index (κ2) is 4.45. The first-order valence-corrected chi connectivity index (χ1v) is 5.29. The number of benzene rings is 1. The quantitative estimate of drug-likeness (QED) is 0.582. The lowest BCUT2D eigenvalue weighted by atomic mass is 10.1. The molecule has 0 spiro atoms. The Labute approximate surface area is 95.2 Å². The van der Waals surface area contributed by atoms with Crippen molar-refractivity contribution in [2.45, 2.75) is 13.3 Å². The highest BCUT2D eigenvalue weighted by atomic mass is 79.9. The van der Waals surface area contributed by atoms with Crippen LogP contribution in [0, 0.1) is 0 Å². The molecule has 0 radical (unpaired) electrons. The third kappa shape index (κ3) is 2.46. The fourth-order valence-corrected chi connectivity index (χ4v) is 1.97. The number of halogens is 3. The van der Waals surface area contributed by atoms with Gasteiger partial charge < -0.3 is 0 Å². The van der Waals surface area contributed by atoms with Crippen LogP contribution in [-0.2, 0) is 0 Å². The third-order valence-corrected chi connectivity index (χ3v) is 3.09. The average Bonchev–Trinajstić information content (AvgIpc) is 2.10. The molecule has 1 aromatic rings. The molecule has 0 aliphatic carbocycles. The molecule has 1 aromatic carbocycles. The van der Waals surface area contributed by atoms with Gasteiger partial charge in [-0.2, -0.15) is 0 Å². The van der Waals surface area contributed by atoms with Crippen molar-refractivity contribution >= 4 is 44.9 Å². The monoisotopic (exact) mass is 280 g/mol. The molecule has 0 atom stereocenters. The minimum Gasteiger partial charge on any atom is -0.294 e. The summed E-state index contributed by atoms with van der Waals surface area (Å²) in [5.74, 6) is -0.00630. The van der Waals surface area contributed by atoms with Gasteiger partial charge >= 0.3 is 0 Å². The van der Waals surface area contributed by atoms with Crippen molar-refractivity contribution < 1.29 is 4.79 Å². The molecule has 0 aliphatic rings. The predicted molar refractivity (Wildman–Crippen MR) is 58.8 cm³/mol. The fraction of sp³-hybridized carbons (Fsp3) is 0.222. The van der Waals surface area contributed by atoms with E-state index in [4.69, 9.17) is 23.2 Å². The maximum absolute atomic E-state index is 11.4. The van der Waals surface area contributed by atoms with Crippen LogP contribution in [0.15, 0.2) is 16.6 Å². The molecule has 0 heterocycles. The van der Waals surface area contributed by atoms with Crippen LogP contribution in [0.2, 0.25) is 10.0 Å². The molecule has 0 aromatic heterocycles. The van der Waals surface area contributed by atoms with Gasteiger partial charge in [-0.15, -0.1) is 0 Å². The van der Waals surface area contributed by atoms with E-state index in [2.05, 4.69) is 15.9 Å². The Balaban J connectivity index is 3.28. The highest BCUT2D eigenvalue weighted by Gasteiger charge is 2.11. The van der Waals surface area contributed by atoms with Crippen molar-refractivity contribution in [1.29, 1.82) is 0 Å². The Hall–Kier alpha value is -0.0500. The van der Waals surface area contributed by atoms with Gasteiger partial charge in [-0.1, -0.05) is 30.1 Å². The molecular weight excluding hydrogens is 275 g/mol. The Bertz CT molecular complexity index is 350. The van der Waals surface area contributed by atoms with E-state index in [1.165, 1.54) is 0 Å². The minimum absolute atomic E-state index is 0.00630. The topological polar surface area (TPSA) is 17.1 Å². The lowest BCUT2D eigenvalue weighted by Crippen LogP contribution is -1.97. The highest BCUT2D eigenvalue weighted by molar-refractivity contribution is 9.10. The maximum Gasteiger partial charge on any atom is 0.164 e. The Morgan fingerprint density at radius 2 is 2.08 bits per heavy atom. The lowest BCUT2D eigenvalue weighted by molar-refractivity contribution is 0.0988. The number of hydrogen-bond donors (Lipinski definition) is 0. The van der Waals surface area contributed by atoms with Crippen molar-refractivity contribution in [3.05, 3.63) is 32.2 Å². The van der Waals surface area contributed by atoms with Gasteiger partial charge in [-0.05, 0) is 28.1 Å². The van der Waals surface area contributed by atoms with E-state index >= 15 is 0 Å². The molecule has 70 valence electrons. The van der Waals surface area contributed by atoms with Crippen molar-refractivity contribution in [3.8, 4) is 0 Å². The van der Waals surface area contributed by atoms with Crippen LogP contribution >= 0.6 is 39.1 Å². The molecule has 0 saturated carbocycles. The van der Waals surface area contributed by atoms with E-state index in [1.807, 2.05) is 0 Å². The van der Waals surface area contributed by atoms with Gasteiger partial charge in [-0.3, -0.25) is 4.79 Å². The second-order valence-electron chi connectivity index (χ2n) is 2.53. The largest absolute Gasteiger partial charge is 0.294 e. The van der Waals surface area contributed by atoms with E-state index in [0.29, 0.717) is 26.5 Å². The summed E-state index contributed by atoms with van der Waals surface area (Å²) >= 11 is 14.9. The average molecular weight is 282 g/mol. The zero-order valence-electron chi connectivity index (χ0n) is 6.90. The standard InChI is InChI=1S/C9H7BrCl2O/c1-2-8(13)6-3-5(11)4-7(10)9(6)12/h3-4H,2H2,1H3. The Kier molecular flexibility index (Phi) is 3.77. The van der Waals surface area contributed by atoms with Crippen LogP contribution in [0.25, 0.3) is 0 Å². The molecule has 0 fully saturated rings. The van der Waals surface area contributed by atoms with Crippen LogP contribution in [0.5, 0.6) is 0 Å². The van der Waals surface area contributed by atoms with Gasteiger partial charge in [0.1, 0.15) is 0 Å². The van der Waals surface area contributed by atoms with E-state index < -0.39 is 0 Å². The maximum atomic E-state index is 11.4. The normalized spacial score (nSPS) is 10.2. The molecule has 1 rings (SSSR count). The van der Waals surface area contributed by atoms with Crippen LogP contribution in [-0.4, -0.2) is 5.78 Å².